The maximum atomic E-state index is 14.6. The number of carbonyl (C=O) groups is 4. The molecule has 6 aromatic rings. The highest BCUT2D eigenvalue weighted by atomic mass is 16.8. The van der Waals surface area contributed by atoms with Crippen molar-refractivity contribution in [3.63, 3.8) is 0 Å². The van der Waals surface area contributed by atoms with Gasteiger partial charge < -0.3 is 61.9 Å². The monoisotopic (exact) mass is 1210 g/mol. The fourth-order valence-electron chi connectivity index (χ4n) is 12.3. The molecule has 4 saturated heterocycles. The van der Waals surface area contributed by atoms with E-state index in [0.717, 1.165) is 16.3 Å². The van der Waals surface area contributed by atoms with Crippen LogP contribution in [0.2, 0.25) is 0 Å². The molecule has 0 radical (unpaired) electrons. The van der Waals surface area contributed by atoms with Gasteiger partial charge in [-0.3, -0.25) is 0 Å². The number of rotatable bonds is 23. The van der Waals surface area contributed by atoms with Gasteiger partial charge >= 0.3 is 23.9 Å². The van der Waals surface area contributed by atoms with Gasteiger partial charge in [-0.25, -0.2) is 19.2 Å². The van der Waals surface area contributed by atoms with Crippen LogP contribution in [0.1, 0.15) is 115 Å². The molecule has 0 bridgehead atoms. The average molecular weight is 1210 g/mol. The summed E-state index contributed by atoms with van der Waals surface area (Å²) in [6, 6.07) is 48.8. The van der Waals surface area contributed by atoms with Crippen LogP contribution >= 0.6 is 0 Å². The van der Waals surface area contributed by atoms with Crippen molar-refractivity contribution in [2.75, 3.05) is 13.2 Å². The number of hydrogen-bond acceptors (Lipinski definition) is 17. The zero-order valence-electron chi connectivity index (χ0n) is 51.2. The van der Waals surface area contributed by atoms with Gasteiger partial charge in [-0.05, 0) is 82.8 Å². The van der Waals surface area contributed by atoms with Crippen molar-refractivity contribution in [2.24, 2.45) is 35.5 Å². The van der Waals surface area contributed by atoms with Gasteiger partial charge in [-0.1, -0.05) is 177 Å². The van der Waals surface area contributed by atoms with Crippen molar-refractivity contribution in [1.29, 1.82) is 0 Å². The van der Waals surface area contributed by atoms with Crippen molar-refractivity contribution >= 4 is 34.6 Å². The summed E-state index contributed by atoms with van der Waals surface area (Å²) in [5.74, 6) is -4.77. The van der Waals surface area contributed by atoms with Crippen molar-refractivity contribution in [3.05, 3.63) is 192 Å². The van der Waals surface area contributed by atoms with E-state index in [4.69, 9.17) is 56.8 Å². The molecule has 0 aromatic heterocycles. The van der Waals surface area contributed by atoms with Crippen LogP contribution < -0.4 is 0 Å². The molecule has 4 aliphatic heterocycles. The van der Waals surface area contributed by atoms with E-state index in [-0.39, 0.29) is 48.7 Å². The Morgan fingerprint density at radius 3 is 1.34 bits per heavy atom. The molecule has 4 aliphatic rings. The Bertz CT molecular complexity index is 3220. The molecule has 20 atom stereocenters. The first-order chi connectivity index (χ1) is 42.6. The minimum Gasteiger partial charge on any atom is -0.459 e. The molecule has 17 heteroatoms. The van der Waals surface area contributed by atoms with Crippen molar-refractivity contribution in [3.8, 4) is 0 Å². The molecular formula is C71H82O17. The van der Waals surface area contributed by atoms with E-state index in [0.29, 0.717) is 24.0 Å². The lowest BCUT2D eigenvalue weighted by atomic mass is 9.85. The SMILES string of the molecule is CC[C@@H](C)C1OC(O)C(OC(=O)c2ccccc2)C1OC1OC(COC(=O)c2ccccc2)C(C)C(OC2OC([C@H](C)CC)C(OC3OC(COC(=O)c4ccccc4)C(C)C(OCc4ccc5ccccc5c4)C3C)C2OC(=O)c2ccccc2)C1C. The summed E-state index contributed by atoms with van der Waals surface area (Å²) in [7, 11) is 0. The highest BCUT2D eigenvalue weighted by Crippen LogP contribution is 2.44. The molecule has 4 heterocycles. The van der Waals surface area contributed by atoms with Crippen molar-refractivity contribution in [2.45, 2.75) is 161 Å². The Hall–Kier alpha value is -6.90. The van der Waals surface area contributed by atoms with Gasteiger partial charge in [0.15, 0.2) is 37.4 Å². The zero-order valence-corrected chi connectivity index (χ0v) is 51.2. The molecule has 6 aromatic carbocycles. The van der Waals surface area contributed by atoms with Crippen molar-refractivity contribution in [1.82, 2.24) is 0 Å². The number of hydrogen-bond donors (Lipinski definition) is 1. The Morgan fingerprint density at radius 2 is 0.841 bits per heavy atom. The first-order valence-electron chi connectivity index (χ1n) is 30.9. The summed E-state index contributed by atoms with van der Waals surface area (Å²) in [5.41, 5.74) is 2.27. The third kappa shape index (κ3) is 14.9. The van der Waals surface area contributed by atoms with E-state index < -0.39 is 128 Å². The number of esters is 4. The van der Waals surface area contributed by atoms with Crippen LogP contribution in [0.4, 0.5) is 0 Å². The molecule has 18 unspecified atom stereocenters. The minimum absolute atomic E-state index is 0.115. The Morgan fingerprint density at radius 1 is 0.432 bits per heavy atom. The second-order valence-electron chi connectivity index (χ2n) is 23.9. The Labute approximate surface area is 515 Å². The van der Waals surface area contributed by atoms with Crippen LogP contribution in [-0.4, -0.2) is 128 Å². The van der Waals surface area contributed by atoms with Crippen molar-refractivity contribution < 1.29 is 81.1 Å². The number of ether oxygens (including phenoxy) is 12. The largest absolute Gasteiger partial charge is 0.459 e. The lowest BCUT2D eigenvalue weighted by Gasteiger charge is -2.46. The average Bonchev–Trinajstić information content (AvgIpc) is 1.66. The van der Waals surface area contributed by atoms with Crippen LogP contribution in [0.15, 0.2) is 164 Å². The summed E-state index contributed by atoms with van der Waals surface area (Å²) in [5, 5.41) is 13.7. The molecular weight excluding hydrogens is 1120 g/mol. The standard InChI is InChI=1S/C71H82O17/c1-9-41(3)56-60(62(68(76)82-56)83-66(74)51-30-19-13-20-31-51)87-70-46(8)59(44(6)55(81-70)40-79-65(73)50-28-17-12-18-29-50)86-71-63(84-67(75)52-32-21-14-22-33-52)61(57(85-71)42(4)10-2)88-69-45(7)58(77-38-47-35-36-48-25-23-24-34-53(48)37-47)43(5)54(80-69)39-78-64(72)49-26-15-11-16-27-49/h11-37,41-46,54-63,68-71,76H,9-10,38-40H2,1-8H3/t41-,42-,43?,44?,45?,46?,54?,55?,56?,57?,58?,59?,60?,61?,62?,63?,68?,69?,70?,71?/m1/s1. The second kappa shape index (κ2) is 29.6. The smallest absolute Gasteiger partial charge is 0.338 e. The highest BCUT2D eigenvalue weighted by Gasteiger charge is 2.57. The topological polar surface area (TPSA) is 199 Å². The van der Waals surface area contributed by atoms with E-state index in [1.54, 1.807) is 115 Å². The van der Waals surface area contributed by atoms with Crippen LogP contribution in [0.25, 0.3) is 10.8 Å². The summed E-state index contributed by atoms with van der Waals surface area (Å²) in [4.78, 5) is 55.4. The van der Waals surface area contributed by atoms with Crippen LogP contribution in [-0.2, 0) is 63.4 Å². The molecule has 17 nitrogen and oxygen atoms in total. The van der Waals surface area contributed by atoms with Crippen LogP contribution in [0.3, 0.4) is 0 Å². The number of fused-ring (bicyclic) bond motifs is 1. The van der Waals surface area contributed by atoms with Gasteiger partial charge in [0.05, 0.1) is 65.5 Å². The lowest BCUT2D eigenvalue weighted by Crippen LogP contribution is -2.57. The fourth-order valence-corrected chi connectivity index (χ4v) is 12.3. The summed E-state index contributed by atoms with van der Waals surface area (Å²) in [6.07, 6.45) is -12.8. The first kappa shape index (κ1) is 64.1. The molecule has 0 saturated carbocycles. The molecule has 0 spiro atoms. The third-order valence-corrected chi connectivity index (χ3v) is 18.0. The maximum absolute atomic E-state index is 14.6. The second-order valence-corrected chi connectivity index (χ2v) is 23.9. The van der Waals surface area contributed by atoms with Gasteiger partial charge in [-0.2, -0.15) is 0 Å². The molecule has 4 fully saturated rings. The maximum Gasteiger partial charge on any atom is 0.338 e. The van der Waals surface area contributed by atoms with E-state index in [1.165, 1.54) is 0 Å². The predicted octanol–water partition coefficient (Wildman–Crippen LogP) is 11.6. The number of aliphatic hydroxyl groups is 1. The zero-order chi connectivity index (χ0) is 62.0. The molecule has 468 valence electrons. The molecule has 0 aliphatic carbocycles. The molecule has 10 rings (SSSR count). The summed E-state index contributed by atoms with van der Waals surface area (Å²) in [6.45, 7) is 15.7. The molecule has 1 N–H and O–H groups in total. The first-order valence-corrected chi connectivity index (χ1v) is 30.9. The van der Waals surface area contributed by atoms with E-state index >= 15 is 0 Å². The van der Waals surface area contributed by atoms with Gasteiger partial charge in [0.25, 0.3) is 0 Å². The molecule has 0 amide bonds. The van der Waals surface area contributed by atoms with Crippen LogP contribution in [0, 0.1) is 35.5 Å². The summed E-state index contributed by atoms with van der Waals surface area (Å²) >= 11 is 0. The van der Waals surface area contributed by atoms with E-state index in [2.05, 4.69) is 24.3 Å². The summed E-state index contributed by atoms with van der Waals surface area (Å²) < 4.78 is 80.1. The number of carbonyl (C=O) groups excluding carboxylic acids is 4. The van der Waals surface area contributed by atoms with Gasteiger partial charge in [0, 0.05) is 23.7 Å². The normalized spacial score (nSPS) is 31.1. The van der Waals surface area contributed by atoms with Gasteiger partial charge in [0.2, 0.25) is 0 Å². The molecule has 88 heavy (non-hydrogen) atoms. The fraction of sp³-hybridized carbons (Fsp3) is 0.465. The van der Waals surface area contributed by atoms with Gasteiger partial charge in [0.1, 0.15) is 25.4 Å². The Balaban J connectivity index is 0.976. The highest BCUT2D eigenvalue weighted by molar-refractivity contribution is 5.91. The lowest BCUT2D eigenvalue weighted by molar-refractivity contribution is -0.317. The minimum atomic E-state index is -1.55. The quantitative estimate of drug-likeness (QED) is 0.0469. The number of aliphatic hydroxyl groups excluding tert-OH is 1. The van der Waals surface area contributed by atoms with Crippen LogP contribution in [0.5, 0.6) is 0 Å². The number of benzene rings is 6. The van der Waals surface area contributed by atoms with E-state index in [1.807, 2.05) is 79.7 Å². The third-order valence-electron chi connectivity index (χ3n) is 18.0. The van der Waals surface area contributed by atoms with E-state index in [9.17, 15) is 24.3 Å². The van der Waals surface area contributed by atoms with Gasteiger partial charge in [-0.15, -0.1) is 0 Å². The predicted molar refractivity (Wildman–Crippen MR) is 324 cm³/mol. The Kier molecular flexibility index (Phi) is 21.6.